The first-order valence-electron chi connectivity index (χ1n) is 18.7. The third-order valence-corrected chi connectivity index (χ3v) is 11.1. The number of benzene rings is 3. The first kappa shape index (κ1) is 40.7. The molecule has 1 N–H and O–H groups in total. The zero-order valence-electron chi connectivity index (χ0n) is 33.9. The van der Waals surface area contributed by atoms with Crippen molar-refractivity contribution in [3.05, 3.63) is 101 Å². The topological polar surface area (TPSA) is 50.2 Å². The van der Waals surface area contributed by atoms with E-state index in [2.05, 4.69) is 151 Å². The predicted octanol–water partition coefficient (Wildman–Crippen LogP) is 13.3. The van der Waals surface area contributed by atoms with Gasteiger partial charge in [0.25, 0.3) is 0 Å². The summed E-state index contributed by atoms with van der Waals surface area (Å²) in [5.74, 6) is 1.63. The zero-order chi connectivity index (χ0) is 37.9. The number of hydrogen-bond donors (Lipinski definition) is 1. The van der Waals surface area contributed by atoms with E-state index < -0.39 is 0 Å². The van der Waals surface area contributed by atoms with Gasteiger partial charge in [0, 0.05) is 59.5 Å². The van der Waals surface area contributed by atoms with E-state index in [0.29, 0.717) is 29.8 Å². The van der Waals surface area contributed by atoms with Crippen LogP contribution in [0.25, 0.3) is 42.6 Å². The molecule has 5 heteroatoms. The molecule has 1 radical (unpaired) electrons. The summed E-state index contributed by atoms with van der Waals surface area (Å²) in [5.41, 5.74) is 6.76. The summed E-state index contributed by atoms with van der Waals surface area (Å²) in [6.45, 7) is 27.6. The number of allylic oxidation sites excluding steroid dienone is 2. The Hall–Kier alpha value is -3.11. The summed E-state index contributed by atoms with van der Waals surface area (Å²) in [6, 6.07) is 24.8. The molecule has 2 heterocycles. The van der Waals surface area contributed by atoms with Crippen LogP contribution in [0.3, 0.4) is 0 Å². The van der Waals surface area contributed by atoms with Gasteiger partial charge in [-0.2, -0.15) is 0 Å². The molecule has 275 valence electrons. The number of aromatic nitrogens is 1. The summed E-state index contributed by atoms with van der Waals surface area (Å²) < 4.78 is 9.55. The zero-order valence-corrected chi connectivity index (χ0v) is 36.1. The minimum Gasteiger partial charge on any atom is -0.512 e. The van der Waals surface area contributed by atoms with Crippen LogP contribution in [0.15, 0.2) is 78.7 Å². The van der Waals surface area contributed by atoms with Crippen molar-refractivity contribution in [1.29, 1.82) is 0 Å². The van der Waals surface area contributed by atoms with E-state index in [1.165, 1.54) is 38.6 Å². The quantitative estimate of drug-likeness (QED) is 0.0911. The van der Waals surface area contributed by atoms with Crippen molar-refractivity contribution in [2.75, 3.05) is 0 Å². The number of carbonyl (C=O) groups is 1. The number of nitrogens with zero attached hydrogens (tertiary/aromatic N) is 1. The molecule has 3 aromatic carbocycles. The van der Waals surface area contributed by atoms with E-state index >= 15 is 0 Å². The fourth-order valence-electron chi connectivity index (χ4n) is 7.45. The SMILES string of the molecule is CC(C)C(C(=O)/C=C(\O)C(C(C)C)C(C)C)C(C)C.[2H]c1cc2c(C)c(-c3ccc(C)cc3)sc2c(-c2[c-]c3ccccc3c(C(C)(C)C)c2)n1.[Ir]. The van der Waals surface area contributed by atoms with Gasteiger partial charge in [0.1, 0.15) is 0 Å². The van der Waals surface area contributed by atoms with Crippen molar-refractivity contribution < 1.29 is 31.4 Å². The minimum atomic E-state index is -0.0143. The van der Waals surface area contributed by atoms with Gasteiger partial charge in [-0.15, -0.1) is 40.5 Å². The van der Waals surface area contributed by atoms with Gasteiger partial charge in [-0.3, -0.25) is 9.78 Å². The van der Waals surface area contributed by atoms with Gasteiger partial charge in [0.05, 0.1) is 7.13 Å². The van der Waals surface area contributed by atoms with Gasteiger partial charge >= 0.3 is 0 Å². The second-order valence-electron chi connectivity index (χ2n) is 16.3. The fraction of sp³-hybridized carbons (Fsp3) is 0.435. The molecule has 3 nitrogen and oxygen atoms in total. The maximum atomic E-state index is 12.3. The van der Waals surface area contributed by atoms with Gasteiger partial charge < -0.3 is 5.11 Å². The number of thiophene rings is 1. The van der Waals surface area contributed by atoms with Crippen LogP contribution in [-0.4, -0.2) is 15.9 Å². The number of aliphatic hydroxyl groups excluding tert-OH is 1. The summed E-state index contributed by atoms with van der Waals surface area (Å²) in [7, 11) is 0. The maximum absolute atomic E-state index is 12.3. The van der Waals surface area contributed by atoms with Crippen LogP contribution in [0, 0.1) is 55.4 Å². The number of aliphatic hydroxyl groups is 1. The van der Waals surface area contributed by atoms with Gasteiger partial charge in [-0.25, -0.2) is 0 Å². The number of aryl methyl sites for hydroxylation is 2. The van der Waals surface area contributed by atoms with Crippen molar-refractivity contribution in [3.8, 4) is 21.7 Å². The normalized spacial score (nSPS) is 12.7. The van der Waals surface area contributed by atoms with Crippen molar-refractivity contribution >= 4 is 38.0 Å². The van der Waals surface area contributed by atoms with Gasteiger partial charge in [-0.05, 0) is 65.5 Å². The molecule has 5 rings (SSSR count). The largest absolute Gasteiger partial charge is 0.512 e. The van der Waals surface area contributed by atoms with E-state index in [-0.39, 0.29) is 48.9 Å². The van der Waals surface area contributed by atoms with Crippen molar-refractivity contribution in [1.82, 2.24) is 4.98 Å². The summed E-state index contributed by atoms with van der Waals surface area (Å²) in [6.07, 6.45) is 1.78. The molecule has 0 amide bonds. The standard InChI is InChI=1S/C29H26NS.C17H32O2.Ir/c1-18-10-12-20(13-11-18)27-19(2)23-14-15-30-26(28(23)31-27)22-16-21-8-6-7-9-24(21)25(17-22)29(3,4)5;1-10(2)16(11(3)4)14(18)9-15(19)17(12(5)6)13(7)8;/h6-15,17H,1-5H3;9-13,16-18H,1-8H3;/q-1;;/b;14-9-;/i15D;;. The van der Waals surface area contributed by atoms with Crippen LogP contribution in [0.1, 0.15) is 94.2 Å². The molecule has 0 aliphatic rings. The maximum Gasteiger partial charge on any atom is 0.162 e. The van der Waals surface area contributed by atoms with Crippen LogP contribution in [0.4, 0.5) is 0 Å². The molecule has 51 heavy (non-hydrogen) atoms. The monoisotopic (exact) mass is 882 g/mol. The smallest absolute Gasteiger partial charge is 0.162 e. The van der Waals surface area contributed by atoms with Crippen molar-refractivity contribution in [2.24, 2.45) is 35.5 Å². The Morgan fingerprint density at radius 1 is 0.843 bits per heavy atom. The van der Waals surface area contributed by atoms with Crippen LogP contribution in [-0.2, 0) is 30.3 Å². The Balaban J connectivity index is 0.000000317. The molecular formula is C46H58IrNO2S-. The van der Waals surface area contributed by atoms with Gasteiger partial charge in [-0.1, -0.05) is 135 Å². The van der Waals surface area contributed by atoms with Gasteiger partial charge in [0.15, 0.2) is 5.78 Å². The van der Waals surface area contributed by atoms with Crippen LogP contribution >= 0.6 is 11.3 Å². The molecular weight excluding hydrogens is 823 g/mol. The van der Waals surface area contributed by atoms with Crippen LogP contribution in [0.5, 0.6) is 0 Å². The first-order valence-corrected chi connectivity index (χ1v) is 19.0. The number of pyridine rings is 1. The molecule has 0 bridgehead atoms. The van der Waals surface area contributed by atoms with E-state index in [4.69, 9.17) is 6.35 Å². The Bertz CT molecular complexity index is 2000. The average Bonchev–Trinajstić information content (AvgIpc) is 3.35. The molecule has 0 saturated carbocycles. The fourth-order valence-corrected chi connectivity index (χ4v) is 8.74. The molecule has 0 saturated heterocycles. The second-order valence-corrected chi connectivity index (χ2v) is 17.3. The molecule has 0 aliphatic heterocycles. The summed E-state index contributed by atoms with van der Waals surface area (Å²) in [4.78, 5) is 18.3. The molecule has 0 fully saturated rings. The Kier molecular flexibility index (Phi) is 14.0. The Labute approximate surface area is 326 Å². The molecule has 5 aromatic rings. The van der Waals surface area contributed by atoms with E-state index in [9.17, 15) is 9.90 Å². The predicted molar refractivity (Wildman–Crippen MR) is 217 cm³/mol. The number of fused-ring (bicyclic) bond motifs is 2. The number of ketones is 1. The second kappa shape index (κ2) is 17.6. The van der Waals surface area contributed by atoms with Crippen molar-refractivity contribution in [3.63, 3.8) is 0 Å². The number of hydrogen-bond acceptors (Lipinski definition) is 4. The molecule has 0 spiro atoms. The molecule has 0 unspecified atom stereocenters. The molecule has 0 atom stereocenters. The van der Waals surface area contributed by atoms with E-state index in [1.54, 1.807) is 11.3 Å². The Morgan fingerprint density at radius 3 is 1.96 bits per heavy atom. The number of carbonyl (C=O) groups excluding carboxylic acids is 1. The third-order valence-electron chi connectivity index (χ3n) is 9.78. The first-order chi connectivity index (χ1) is 23.8. The summed E-state index contributed by atoms with van der Waals surface area (Å²) in [5, 5.41) is 13.7. The molecule has 0 aliphatic carbocycles. The Morgan fingerprint density at radius 2 is 1.41 bits per heavy atom. The molecule has 2 aromatic heterocycles. The summed E-state index contributed by atoms with van der Waals surface area (Å²) >= 11 is 1.77. The van der Waals surface area contributed by atoms with E-state index in [0.717, 1.165) is 26.7 Å². The van der Waals surface area contributed by atoms with Crippen molar-refractivity contribution in [2.45, 2.75) is 95.4 Å². The number of rotatable bonds is 9. The third kappa shape index (κ3) is 9.86. The van der Waals surface area contributed by atoms with E-state index in [1.807, 2.05) is 6.07 Å². The van der Waals surface area contributed by atoms with Crippen LogP contribution < -0.4 is 0 Å². The van der Waals surface area contributed by atoms with Gasteiger partial charge in [0.2, 0.25) is 0 Å². The minimum absolute atomic E-state index is 0. The van der Waals surface area contributed by atoms with Crippen LogP contribution in [0.2, 0.25) is 0 Å². The average molecular weight is 882 g/mol.